The maximum Gasteiger partial charge on any atom is 0.126 e. The molecule has 0 aliphatic rings. The van der Waals surface area contributed by atoms with Gasteiger partial charge in [-0.15, -0.1) is 12.6 Å². The van der Waals surface area contributed by atoms with Crippen LogP contribution in [-0.2, 0) is 0 Å². The number of benzene rings is 4. The molecule has 154 valence electrons. The van der Waals surface area contributed by atoms with Crippen molar-refractivity contribution < 1.29 is 8.78 Å². The molecular weight excluding hydrogens is 394 g/mol. The van der Waals surface area contributed by atoms with Crippen molar-refractivity contribution in [2.45, 2.75) is 25.7 Å². The number of hydrogen-bond donors (Lipinski definition) is 1. The monoisotopic (exact) mass is 420 g/mol. The zero-order valence-corrected chi connectivity index (χ0v) is 18.3. The smallest absolute Gasteiger partial charge is 0.126 e. The number of aryl methyl sites for hydroxylation is 3. The molecule has 4 aromatic carbocycles. The summed E-state index contributed by atoms with van der Waals surface area (Å²) in [4.78, 5) is 1.12. The molecule has 0 saturated heterocycles. The third-order valence-corrected chi connectivity index (χ3v) is 5.01. The van der Waals surface area contributed by atoms with Gasteiger partial charge in [0.1, 0.15) is 11.6 Å². The molecule has 0 aliphatic carbocycles. The fraction of sp³-hybridized carbons (Fsp3) is 0.111. The van der Waals surface area contributed by atoms with Crippen LogP contribution in [-0.4, -0.2) is 0 Å². The molecule has 4 rings (SSSR count). The minimum absolute atomic E-state index is 0.537. The van der Waals surface area contributed by atoms with E-state index in [1.807, 2.05) is 12.1 Å². The van der Waals surface area contributed by atoms with E-state index in [0.717, 1.165) is 11.0 Å². The maximum atomic E-state index is 11.9. The van der Waals surface area contributed by atoms with E-state index in [1.165, 1.54) is 46.0 Å². The van der Waals surface area contributed by atoms with E-state index in [4.69, 9.17) is 0 Å². The summed E-state index contributed by atoms with van der Waals surface area (Å²) >= 11 is 4.36. The molecule has 0 saturated carbocycles. The lowest BCUT2D eigenvalue weighted by atomic mass is 10.1. The van der Waals surface area contributed by atoms with Crippen LogP contribution in [0, 0.1) is 32.4 Å². The van der Waals surface area contributed by atoms with Crippen molar-refractivity contribution >= 4 is 12.6 Å². The zero-order chi connectivity index (χ0) is 21.9. The molecule has 0 fully saturated rings. The third kappa shape index (κ3) is 7.84. The van der Waals surface area contributed by atoms with Gasteiger partial charge < -0.3 is 0 Å². The topological polar surface area (TPSA) is 0 Å². The molecule has 0 spiro atoms. The van der Waals surface area contributed by atoms with Gasteiger partial charge in [0.15, 0.2) is 0 Å². The van der Waals surface area contributed by atoms with E-state index >= 15 is 0 Å². The summed E-state index contributed by atoms with van der Waals surface area (Å²) in [6.45, 7) is 6.28. The summed E-state index contributed by atoms with van der Waals surface area (Å²) < 4.78 is 23.9. The van der Waals surface area contributed by atoms with Crippen molar-refractivity contribution in [2.75, 3.05) is 0 Å². The number of halogens is 2. The molecule has 0 bridgehead atoms. The van der Waals surface area contributed by atoms with Gasteiger partial charge in [0.05, 0.1) is 0 Å². The fourth-order valence-electron chi connectivity index (χ4n) is 2.89. The summed E-state index contributed by atoms with van der Waals surface area (Å²) in [5.41, 5.74) is 6.39. The molecule has 0 amide bonds. The van der Waals surface area contributed by atoms with Crippen LogP contribution in [0.25, 0.3) is 11.1 Å². The molecular formula is C27H26F2S. The first kappa shape index (κ1) is 23.4. The summed E-state index contributed by atoms with van der Waals surface area (Å²) in [5.74, 6) is -1.07. The zero-order valence-electron chi connectivity index (χ0n) is 17.4. The Morgan fingerprint density at radius 2 is 0.933 bits per heavy atom. The van der Waals surface area contributed by atoms with Gasteiger partial charge in [-0.1, -0.05) is 84.4 Å². The first-order valence-electron chi connectivity index (χ1n) is 9.65. The van der Waals surface area contributed by atoms with Crippen LogP contribution in [0.1, 0.15) is 16.7 Å². The van der Waals surface area contributed by atoms with E-state index in [2.05, 4.69) is 94.1 Å². The number of rotatable bonds is 1. The molecule has 0 heterocycles. The Morgan fingerprint density at radius 1 is 0.533 bits per heavy atom. The van der Waals surface area contributed by atoms with Crippen LogP contribution in [0.5, 0.6) is 0 Å². The molecule has 4 aromatic rings. The summed E-state index contributed by atoms with van der Waals surface area (Å²) in [7, 11) is 0. The molecule has 30 heavy (non-hydrogen) atoms. The number of hydrogen-bond acceptors (Lipinski definition) is 1. The molecule has 0 aliphatic heterocycles. The van der Waals surface area contributed by atoms with E-state index in [1.54, 1.807) is 0 Å². The maximum absolute atomic E-state index is 11.9. The molecule has 0 atom stereocenters. The van der Waals surface area contributed by atoms with Crippen LogP contribution in [0.2, 0.25) is 0 Å². The van der Waals surface area contributed by atoms with E-state index < -0.39 is 11.6 Å². The predicted octanol–water partition coefficient (Wildman–Crippen LogP) is 8.22. The highest BCUT2D eigenvalue weighted by molar-refractivity contribution is 7.80. The van der Waals surface area contributed by atoms with Gasteiger partial charge in [-0.25, -0.2) is 8.78 Å². The van der Waals surface area contributed by atoms with Crippen molar-refractivity contribution in [3.8, 4) is 11.1 Å². The average Bonchev–Trinajstić information content (AvgIpc) is 2.74. The largest absolute Gasteiger partial charge is 0.207 e. The van der Waals surface area contributed by atoms with Crippen molar-refractivity contribution in [3.05, 3.63) is 125 Å². The lowest BCUT2D eigenvalue weighted by Crippen LogP contribution is -1.83. The highest BCUT2D eigenvalue weighted by Crippen LogP contribution is 2.19. The van der Waals surface area contributed by atoms with E-state index in [-0.39, 0.29) is 0 Å². The normalized spacial score (nSPS) is 9.67. The Kier molecular flexibility index (Phi) is 9.30. The summed E-state index contributed by atoms with van der Waals surface area (Å²) in [6, 6.07) is 29.6. The first-order chi connectivity index (χ1) is 14.4. The number of thiol groups is 1. The minimum atomic E-state index is -0.537. The van der Waals surface area contributed by atoms with Crippen molar-refractivity contribution in [1.82, 2.24) is 0 Å². The van der Waals surface area contributed by atoms with Crippen LogP contribution in [0.15, 0.2) is 102 Å². The van der Waals surface area contributed by atoms with Crippen molar-refractivity contribution in [1.29, 1.82) is 0 Å². The highest BCUT2D eigenvalue weighted by Gasteiger charge is 1.97. The van der Waals surface area contributed by atoms with Crippen LogP contribution < -0.4 is 0 Å². The average molecular weight is 421 g/mol. The highest BCUT2D eigenvalue weighted by atomic mass is 32.1. The Labute approximate surface area is 183 Å². The lowest BCUT2D eigenvalue weighted by Gasteiger charge is -2.03. The van der Waals surface area contributed by atoms with Crippen LogP contribution in [0.3, 0.4) is 0 Å². The molecule has 0 unspecified atom stereocenters. The predicted molar refractivity (Wildman–Crippen MR) is 126 cm³/mol. The van der Waals surface area contributed by atoms with Crippen molar-refractivity contribution in [3.63, 3.8) is 0 Å². The second-order valence-corrected chi connectivity index (χ2v) is 7.37. The van der Waals surface area contributed by atoms with Gasteiger partial charge in [-0.2, -0.15) is 0 Å². The third-order valence-electron chi connectivity index (χ3n) is 4.30. The quantitative estimate of drug-likeness (QED) is 0.295. The van der Waals surface area contributed by atoms with Crippen molar-refractivity contribution in [2.24, 2.45) is 0 Å². The molecule has 0 radical (unpaired) electrons. The fourth-order valence-corrected chi connectivity index (χ4v) is 3.02. The Morgan fingerprint density at radius 3 is 1.27 bits per heavy atom. The van der Waals surface area contributed by atoms with Gasteiger partial charge >= 0.3 is 0 Å². The summed E-state index contributed by atoms with van der Waals surface area (Å²) in [5, 5.41) is 0. The molecule has 0 aromatic heterocycles. The van der Waals surface area contributed by atoms with Gasteiger partial charge in [0.25, 0.3) is 0 Å². The Balaban J connectivity index is 0.000000164. The second kappa shape index (κ2) is 11.9. The molecule has 0 N–H and O–H groups in total. The van der Waals surface area contributed by atoms with E-state index in [9.17, 15) is 8.78 Å². The molecule has 3 heteroatoms. The lowest BCUT2D eigenvalue weighted by molar-refractivity contribution is 0.583. The van der Waals surface area contributed by atoms with Crippen LogP contribution in [0.4, 0.5) is 8.78 Å². The standard InChI is InChI=1S/C12H10.C9H12S.C6H4F2/c1-3-7-11(8-4-1)12-9-5-2-6-10-12;1-6-4-7(2)9(10)8(3)5-6;7-5-2-1-3-6(8)4-5/h1-10H;4-5,10H,1-3H3;1-4H. The van der Waals surface area contributed by atoms with E-state index in [0.29, 0.717) is 0 Å². The van der Waals surface area contributed by atoms with Gasteiger partial charge in [0.2, 0.25) is 0 Å². The second-order valence-electron chi connectivity index (χ2n) is 6.92. The SMILES string of the molecule is Cc1cc(C)c(S)c(C)c1.Fc1cccc(F)c1.c1ccc(-c2ccccc2)cc1. The van der Waals surface area contributed by atoms with Gasteiger partial charge in [-0.3, -0.25) is 0 Å². The Bertz CT molecular complexity index is 967. The van der Waals surface area contributed by atoms with Crippen LogP contribution >= 0.6 is 12.6 Å². The van der Waals surface area contributed by atoms with Gasteiger partial charge in [0, 0.05) is 11.0 Å². The van der Waals surface area contributed by atoms with Gasteiger partial charge in [-0.05, 0) is 55.2 Å². The Hall–Kier alpha value is -2.91. The minimum Gasteiger partial charge on any atom is -0.207 e. The first-order valence-corrected chi connectivity index (χ1v) is 10.1. The molecule has 0 nitrogen and oxygen atoms in total. The summed E-state index contributed by atoms with van der Waals surface area (Å²) in [6.07, 6.45) is 0.